The Morgan fingerprint density at radius 1 is 1.32 bits per heavy atom. The second-order valence-electron chi connectivity index (χ2n) is 3.80. The average molecular weight is 316 g/mol. The molecule has 1 aromatic heterocycles. The SMILES string of the molecule is CCc1nn(-c2c(Cl)cc(Cl)cc2Cl)c(N)c1C#N. The zero-order valence-corrected chi connectivity index (χ0v) is 12.2. The summed E-state index contributed by atoms with van der Waals surface area (Å²) in [7, 11) is 0. The lowest BCUT2D eigenvalue weighted by Gasteiger charge is -2.09. The summed E-state index contributed by atoms with van der Waals surface area (Å²) in [6.45, 7) is 1.89. The lowest BCUT2D eigenvalue weighted by Crippen LogP contribution is -2.04. The van der Waals surface area contributed by atoms with Crippen LogP contribution in [0.5, 0.6) is 0 Å². The second-order valence-corrected chi connectivity index (χ2v) is 5.05. The minimum absolute atomic E-state index is 0.213. The molecular formula is C12H9Cl3N4. The average Bonchev–Trinajstić information content (AvgIpc) is 2.65. The van der Waals surface area contributed by atoms with Gasteiger partial charge in [-0.3, -0.25) is 0 Å². The highest BCUT2D eigenvalue weighted by Gasteiger charge is 2.19. The molecule has 98 valence electrons. The Bertz CT molecular complexity index is 662. The van der Waals surface area contributed by atoms with Crippen LogP contribution in [0.1, 0.15) is 18.2 Å². The lowest BCUT2D eigenvalue weighted by molar-refractivity contribution is 0.849. The van der Waals surface area contributed by atoms with E-state index in [9.17, 15) is 0 Å². The summed E-state index contributed by atoms with van der Waals surface area (Å²) in [5, 5.41) is 14.4. The highest BCUT2D eigenvalue weighted by molar-refractivity contribution is 6.40. The minimum Gasteiger partial charge on any atom is -0.382 e. The summed E-state index contributed by atoms with van der Waals surface area (Å²) in [4.78, 5) is 0. The standard InChI is InChI=1S/C12H9Cl3N4/c1-2-10-7(5-16)12(17)19(18-10)11-8(14)3-6(13)4-9(11)15/h3-4H,2,17H2,1H3. The van der Waals surface area contributed by atoms with Crippen LogP contribution < -0.4 is 5.73 Å². The third-order valence-corrected chi connectivity index (χ3v) is 3.43. The normalized spacial score (nSPS) is 10.5. The molecule has 0 atom stereocenters. The first-order valence-corrected chi connectivity index (χ1v) is 6.55. The van der Waals surface area contributed by atoms with Gasteiger partial charge in [0.15, 0.2) is 0 Å². The van der Waals surface area contributed by atoms with E-state index in [0.717, 1.165) is 0 Å². The number of hydrogen-bond donors (Lipinski definition) is 1. The quantitative estimate of drug-likeness (QED) is 0.915. The molecule has 2 rings (SSSR count). The van der Waals surface area contributed by atoms with Gasteiger partial charge in [0.1, 0.15) is 23.1 Å². The van der Waals surface area contributed by atoms with Gasteiger partial charge in [0.25, 0.3) is 0 Å². The first-order chi connectivity index (χ1) is 8.99. The third-order valence-electron chi connectivity index (χ3n) is 2.63. The molecule has 1 heterocycles. The molecule has 7 heteroatoms. The highest BCUT2D eigenvalue weighted by atomic mass is 35.5. The van der Waals surface area contributed by atoms with Crippen LogP contribution in [0, 0.1) is 11.3 Å². The summed E-state index contributed by atoms with van der Waals surface area (Å²) in [6, 6.07) is 5.12. The fraction of sp³-hybridized carbons (Fsp3) is 0.167. The topological polar surface area (TPSA) is 67.6 Å². The largest absolute Gasteiger partial charge is 0.382 e. The van der Waals surface area contributed by atoms with Gasteiger partial charge in [-0.1, -0.05) is 41.7 Å². The molecule has 19 heavy (non-hydrogen) atoms. The zero-order chi connectivity index (χ0) is 14.2. The van der Waals surface area contributed by atoms with Crippen LogP contribution in [-0.4, -0.2) is 9.78 Å². The monoisotopic (exact) mass is 314 g/mol. The molecule has 0 radical (unpaired) electrons. The van der Waals surface area contributed by atoms with Gasteiger partial charge in [-0.15, -0.1) is 0 Å². The van der Waals surface area contributed by atoms with Crippen LogP contribution >= 0.6 is 34.8 Å². The number of nitrogen functional groups attached to an aromatic ring is 1. The number of halogens is 3. The van der Waals surface area contributed by atoms with E-state index in [-0.39, 0.29) is 5.82 Å². The van der Waals surface area contributed by atoms with E-state index in [1.807, 2.05) is 13.0 Å². The van der Waals surface area contributed by atoms with Crippen molar-refractivity contribution < 1.29 is 0 Å². The van der Waals surface area contributed by atoms with Crippen molar-refractivity contribution in [3.8, 4) is 11.8 Å². The van der Waals surface area contributed by atoms with Crippen molar-refractivity contribution in [1.29, 1.82) is 5.26 Å². The first kappa shape index (κ1) is 14.0. The Hall–Kier alpha value is -1.41. The van der Waals surface area contributed by atoms with Gasteiger partial charge in [0.2, 0.25) is 0 Å². The van der Waals surface area contributed by atoms with Gasteiger partial charge in [-0.2, -0.15) is 10.4 Å². The molecule has 0 aliphatic rings. The van der Waals surface area contributed by atoms with E-state index in [1.54, 1.807) is 12.1 Å². The Kier molecular flexibility index (Phi) is 3.91. The van der Waals surface area contributed by atoms with Crippen molar-refractivity contribution >= 4 is 40.6 Å². The van der Waals surface area contributed by atoms with Gasteiger partial charge < -0.3 is 5.73 Å². The number of rotatable bonds is 2. The van der Waals surface area contributed by atoms with Crippen molar-refractivity contribution in [3.63, 3.8) is 0 Å². The van der Waals surface area contributed by atoms with Crippen molar-refractivity contribution in [1.82, 2.24) is 9.78 Å². The van der Waals surface area contributed by atoms with Crippen molar-refractivity contribution in [2.75, 3.05) is 5.73 Å². The van der Waals surface area contributed by atoms with E-state index in [4.69, 9.17) is 45.8 Å². The van der Waals surface area contributed by atoms with E-state index in [0.29, 0.717) is 38.4 Å². The second kappa shape index (κ2) is 5.30. The van der Waals surface area contributed by atoms with Gasteiger partial charge >= 0.3 is 0 Å². The van der Waals surface area contributed by atoms with Gasteiger partial charge in [-0.05, 0) is 18.6 Å². The van der Waals surface area contributed by atoms with Crippen LogP contribution in [0.2, 0.25) is 15.1 Å². The Labute approximate surface area is 125 Å². The number of nitrogens with two attached hydrogens (primary N) is 1. The molecule has 0 unspecified atom stereocenters. The number of nitriles is 1. The molecule has 4 nitrogen and oxygen atoms in total. The maximum atomic E-state index is 9.10. The molecule has 0 bridgehead atoms. The van der Waals surface area contributed by atoms with Crippen molar-refractivity contribution in [3.05, 3.63) is 38.5 Å². The fourth-order valence-electron chi connectivity index (χ4n) is 1.75. The number of nitrogens with zero attached hydrogens (tertiary/aromatic N) is 3. The summed E-state index contributed by atoms with van der Waals surface area (Å²) in [6.07, 6.45) is 0.586. The van der Waals surface area contributed by atoms with Crippen LogP contribution in [0.4, 0.5) is 5.82 Å². The fourth-order valence-corrected chi connectivity index (χ4v) is 2.73. The number of aromatic nitrogens is 2. The van der Waals surface area contributed by atoms with Crippen LogP contribution in [0.25, 0.3) is 5.69 Å². The Balaban J connectivity index is 2.74. The number of aryl methyl sites for hydroxylation is 1. The highest BCUT2D eigenvalue weighted by Crippen LogP contribution is 2.34. The van der Waals surface area contributed by atoms with Gasteiger partial charge in [-0.25, -0.2) is 4.68 Å². The number of benzene rings is 1. The van der Waals surface area contributed by atoms with Crippen LogP contribution in [0.15, 0.2) is 12.1 Å². The molecule has 0 fully saturated rings. The molecule has 2 aromatic rings. The third kappa shape index (κ3) is 2.37. The molecule has 0 aliphatic carbocycles. The minimum atomic E-state index is 0.213. The van der Waals surface area contributed by atoms with Gasteiger partial charge in [0, 0.05) is 5.02 Å². The van der Waals surface area contributed by atoms with Crippen molar-refractivity contribution in [2.45, 2.75) is 13.3 Å². The molecule has 0 spiro atoms. The lowest BCUT2D eigenvalue weighted by atomic mass is 10.2. The molecule has 0 amide bonds. The van der Waals surface area contributed by atoms with Crippen LogP contribution in [0.3, 0.4) is 0 Å². The Morgan fingerprint density at radius 2 is 1.89 bits per heavy atom. The predicted octanol–water partition coefficient (Wildman–Crippen LogP) is 3.85. The zero-order valence-electron chi connectivity index (χ0n) is 9.91. The molecule has 2 N–H and O–H groups in total. The molecular weight excluding hydrogens is 307 g/mol. The number of anilines is 1. The van der Waals surface area contributed by atoms with E-state index >= 15 is 0 Å². The summed E-state index contributed by atoms with van der Waals surface area (Å²) < 4.78 is 1.37. The van der Waals surface area contributed by atoms with E-state index < -0.39 is 0 Å². The maximum Gasteiger partial charge on any atom is 0.145 e. The maximum absolute atomic E-state index is 9.10. The molecule has 0 saturated carbocycles. The van der Waals surface area contributed by atoms with Gasteiger partial charge in [0.05, 0.1) is 15.7 Å². The van der Waals surface area contributed by atoms with E-state index in [2.05, 4.69) is 5.10 Å². The molecule has 1 aromatic carbocycles. The predicted molar refractivity (Wildman–Crippen MR) is 77.1 cm³/mol. The molecule has 0 saturated heterocycles. The van der Waals surface area contributed by atoms with Crippen LogP contribution in [-0.2, 0) is 6.42 Å². The summed E-state index contributed by atoms with van der Waals surface area (Å²) in [5.74, 6) is 0.213. The first-order valence-electron chi connectivity index (χ1n) is 5.42. The Morgan fingerprint density at radius 3 is 2.32 bits per heavy atom. The summed E-state index contributed by atoms with van der Waals surface area (Å²) >= 11 is 18.1. The molecule has 0 aliphatic heterocycles. The summed E-state index contributed by atoms with van der Waals surface area (Å²) in [5.41, 5.74) is 7.28. The number of hydrogen-bond acceptors (Lipinski definition) is 3. The smallest absolute Gasteiger partial charge is 0.145 e. The van der Waals surface area contributed by atoms with Crippen molar-refractivity contribution in [2.24, 2.45) is 0 Å². The van der Waals surface area contributed by atoms with E-state index in [1.165, 1.54) is 4.68 Å².